The predicted molar refractivity (Wildman–Crippen MR) is 53.8 cm³/mol. The summed E-state index contributed by atoms with van der Waals surface area (Å²) in [6.45, 7) is 9.09. The largest absolute Gasteiger partial charge is 0.372 e. The third kappa shape index (κ3) is 2.05. The number of ether oxygens (including phenoxy) is 1. The van der Waals surface area contributed by atoms with E-state index >= 15 is 0 Å². The van der Waals surface area contributed by atoms with Crippen molar-refractivity contribution in [3.8, 4) is 0 Å². The zero-order chi connectivity index (χ0) is 9.47. The molecule has 0 bridgehead atoms. The Kier molecular flexibility index (Phi) is 2.37. The van der Waals surface area contributed by atoms with Gasteiger partial charge >= 0.3 is 0 Å². The number of hydrogen-bond acceptors (Lipinski definition) is 2. The third-order valence-corrected chi connectivity index (χ3v) is 3.23. The Balaban J connectivity index is 1.66. The van der Waals surface area contributed by atoms with Gasteiger partial charge in [-0.25, -0.2) is 0 Å². The van der Waals surface area contributed by atoms with Gasteiger partial charge in [0.2, 0.25) is 0 Å². The van der Waals surface area contributed by atoms with Gasteiger partial charge in [0.1, 0.15) is 0 Å². The fourth-order valence-electron chi connectivity index (χ4n) is 1.85. The van der Waals surface area contributed by atoms with Crippen LogP contribution in [0.3, 0.4) is 0 Å². The minimum Gasteiger partial charge on any atom is -0.372 e. The summed E-state index contributed by atoms with van der Waals surface area (Å²) in [4.78, 5) is 2.48. The predicted octanol–water partition coefficient (Wildman–Crippen LogP) is 2.04. The van der Waals surface area contributed by atoms with E-state index in [1.165, 1.54) is 19.3 Å². The van der Waals surface area contributed by atoms with Gasteiger partial charge in [0, 0.05) is 18.6 Å². The minimum absolute atomic E-state index is 0.333. The zero-order valence-electron chi connectivity index (χ0n) is 9.05. The van der Waals surface area contributed by atoms with E-state index in [-0.39, 0.29) is 0 Å². The average molecular weight is 183 g/mol. The molecule has 0 N–H and O–H groups in total. The Morgan fingerprint density at radius 2 is 1.69 bits per heavy atom. The SMILES string of the molecule is CC(C)(C)N1CC(OC2CCC2)C1. The number of nitrogens with zero attached hydrogens (tertiary/aromatic N) is 1. The van der Waals surface area contributed by atoms with E-state index in [2.05, 4.69) is 25.7 Å². The molecule has 0 aromatic rings. The van der Waals surface area contributed by atoms with Gasteiger partial charge in [-0.1, -0.05) is 0 Å². The molecule has 0 amide bonds. The van der Waals surface area contributed by atoms with Crippen molar-refractivity contribution in [2.75, 3.05) is 13.1 Å². The van der Waals surface area contributed by atoms with Crippen molar-refractivity contribution in [1.29, 1.82) is 0 Å². The topological polar surface area (TPSA) is 12.5 Å². The summed E-state index contributed by atoms with van der Waals surface area (Å²) in [6.07, 6.45) is 5.11. The van der Waals surface area contributed by atoms with Crippen molar-refractivity contribution in [2.45, 2.75) is 57.8 Å². The van der Waals surface area contributed by atoms with Gasteiger partial charge in [-0.2, -0.15) is 0 Å². The van der Waals surface area contributed by atoms with E-state index in [0.717, 1.165) is 13.1 Å². The van der Waals surface area contributed by atoms with Crippen molar-refractivity contribution in [3.63, 3.8) is 0 Å². The Morgan fingerprint density at radius 3 is 2.08 bits per heavy atom. The van der Waals surface area contributed by atoms with Gasteiger partial charge in [0.05, 0.1) is 12.2 Å². The molecule has 0 aromatic heterocycles. The van der Waals surface area contributed by atoms with Crippen LogP contribution in [0.1, 0.15) is 40.0 Å². The highest BCUT2D eigenvalue weighted by Crippen LogP contribution is 2.28. The fraction of sp³-hybridized carbons (Fsp3) is 1.00. The van der Waals surface area contributed by atoms with E-state index in [1.54, 1.807) is 0 Å². The monoisotopic (exact) mass is 183 g/mol. The van der Waals surface area contributed by atoms with E-state index in [1.807, 2.05) is 0 Å². The fourth-order valence-corrected chi connectivity index (χ4v) is 1.85. The van der Waals surface area contributed by atoms with Crippen LogP contribution in [-0.4, -0.2) is 35.7 Å². The summed E-state index contributed by atoms with van der Waals surface area (Å²) in [5.41, 5.74) is 0.333. The Bertz CT molecular complexity index is 175. The second-order valence-corrected chi connectivity index (χ2v) is 5.39. The van der Waals surface area contributed by atoms with E-state index in [9.17, 15) is 0 Å². The summed E-state index contributed by atoms with van der Waals surface area (Å²) in [6, 6.07) is 0. The Labute approximate surface area is 81.3 Å². The normalized spacial score (nSPS) is 27.0. The summed E-state index contributed by atoms with van der Waals surface area (Å²) < 4.78 is 5.91. The number of likely N-dealkylation sites (tertiary alicyclic amines) is 1. The van der Waals surface area contributed by atoms with Crippen molar-refractivity contribution < 1.29 is 4.74 Å². The molecule has 76 valence electrons. The van der Waals surface area contributed by atoms with Gasteiger partial charge < -0.3 is 4.74 Å². The van der Waals surface area contributed by atoms with E-state index in [4.69, 9.17) is 4.74 Å². The van der Waals surface area contributed by atoms with Crippen LogP contribution in [0, 0.1) is 0 Å². The third-order valence-electron chi connectivity index (χ3n) is 3.23. The molecule has 1 saturated carbocycles. The molecule has 2 fully saturated rings. The molecule has 1 saturated heterocycles. The molecule has 2 rings (SSSR count). The lowest BCUT2D eigenvalue weighted by molar-refractivity contribution is -0.136. The van der Waals surface area contributed by atoms with Crippen LogP contribution in [0.4, 0.5) is 0 Å². The van der Waals surface area contributed by atoms with Crippen LogP contribution in [0.15, 0.2) is 0 Å². The Hall–Kier alpha value is -0.0800. The molecular weight excluding hydrogens is 162 g/mol. The zero-order valence-corrected chi connectivity index (χ0v) is 9.05. The van der Waals surface area contributed by atoms with Crippen LogP contribution < -0.4 is 0 Å². The lowest BCUT2D eigenvalue weighted by Crippen LogP contribution is -2.60. The molecule has 1 heterocycles. The molecule has 13 heavy (non-hydrogen) atoms. The van der Waals surface area contributed by atoms with Gasteiger partial charge in [-0.3, -0.25) is 4.90 Å². The van der Waals surface area contributed by atoms with Gasteiger partial charge in [-0.05, 0) is 40.0 Å². The van der Waals surface area contributed by atoms with Crippen LogP contribution in [-0.2, 0) is 4.74 Å². The van der Waals surface area contributed by atoms with E-state index in [0.29, 0.717) is 17.7 Å². The van der Waals surface area contributed by atoms with Gasteiger partial charge in [0.25, 0.3) is 0 Å². The van der Waals surface area contributed by atoms with Crippen molar-refractivity contribution in [1.82, 2.24) is 4.90 Å². The first-order chi connectivity index (χ1) is 6.05. The lowest BCUT2D eigenvalue weighted by Gasteiger charge is -2.49. The van der Waals surface area contributed by atoms with Crippen molar-refractivity contribution in [3.05, 3.63) is 0 Å². The Morgan fingerprint density at radius 1 is 1.08 bits per heavy atom. The number of hydrogen-bond donors (Lipinski definition) is 0. The van der Waals surface area contributed by atoms with Crippen LogP contribution in [0.2, 0.25) is 0 Å². The van der Waals surface area contributed by atoms with Crippen molar-refractivity contribution in [2.24, 2.45) is 0 Å². The summed E-state index contributed by atoms with van der Waals surface area (Å²) >= 11 is 0. The first-order valence-electron chi connectivity index (χ1n) is 5.46. The second-order valence-electron chi connectivity index (χ2n) is 5.39. The lowest BCUT2D eigenvalue weighted by atomic mass is 9.94. The minimum atomic E-state index is 0.333. The maximum atomic E-state index is 5.91. The highest BCUT2D eigenvalue weighted by molar-refractivity contribution is 4.90. The molecule has 0 radical (unpaired) electrons. The van der Waals surface area contributed by atoms with Crippen molar-refractivity contribution >= 4 is 0 Å². The smallest absolute Gasteiger partial charge is 0.0832 e. The van der Waals surface area contributed by atoms with Gasteiger partial charge in [-0.15, -0.1) is 0 Å². The quantitative estimate of drug-likeness (QED) is 0.649. The molecular formula is C11H21NO. The molecule has 2 aliphatic rings. The highest BCUT2D eigenvalue weighted by atomic mass is 16.5. The maximum Gasteiger partial charge on any atom is 0.0832 e. The molecule has 2 heteroatoms. The standard InChI is InChI=1S/C11H21NO/c1-11(2,3)12-7-10(8-12)13-9-5-4-6-9/h9-10H,4-8H2,1-3H3. The average Bonchev–Trinajstić information content (AvgIpc) is 1.76. The molecule has 2 nitrogen and oxygen atoms in total. The van der Waals surface area contributed by atoms with Crippen LogP contribution in [0.5, 0.6) is 0 Å². The first-order valence-corrected chi connectivity index (χ1v) is 5.46. The number of rotatable bonds is 2. The molecule has 1 aliphatic carbocycles. The van der Waals surface area contributed by atoms with Gasteiger partial charge in [0.15, 0.2) is 0 Å². The molecule has 0 spiro atoms. The summed E-state index contributed by atoms with van der Waals surface area (Å²) in [7, 11) is 0. The van der Waals surface area contributed by atoms with Crippen LogP contribution >= 0.6 is 0 Å². The van der Waals surface area contributed by atoms with E-state index < -0.39 is 0 Å². The first kappa shape index (κ1) is 9.47. The second kappa shape index (κ2) is 3.25. The molecule has 0 aromatic carbocycles. The summed E-state index contributed by atoms with van der Waals surface area (Å²) in [5.74, 6) is 0. The molecule has 0 unspecified atom stereocenters. The molecule has 1 aliphatic heterocycles. The summed E-state index contributed by atoms with van der Waals surface area (Å²) in [5, 5.41) is 0. The highest BCUT2D eigenvalue weighted by Gasteiger charge is 2.36. The maximum absolute atomic E-state index is 5.91. The van der Waals surface area contributed by atoms with Crippen LogP contribution in [0.25, 0.3) is 0 Å². The molecule has 0 atom stereocenters.